The van der Waals surface area contributed by atoms with Gasteiger partial charge in [0.15, 0.2) is 0 Å². The minimum atomic E-state index is -0.257. The van der Waals surface area contributed by atoms with Crippen molar-refractivity contribution >= 4 is 0 Å². The largest absolute Gasteiger partial charge is 0.326 e. The molecule has 0 aliphatic heterocycles. The first-order chi connectivity index (χ1) is 7.72. The quantitative estimate of drug-likeness (QED) is 0.838. The summed E-state index contributed by atoms with van der Waals surface area (Å²) in [5.41, 5.74) is 9.09. The number of benzene rings is 1. The number of aryl methyl sites for hydroxylation is 1. The fourth-order valence-electron chi connectivity index (χ4n) is 1.66. The van der Waals surface area contributed by atoms with Gasteiger partial charge in [-0.3, -0.25) is 4.98 Å². The SMILES string of the molecule is Cc1ccncc1-c1ccc(F)c(CN)c1. The normalized spacial score (nSPS) is 10.4. The molecule has 1 heterocycles. The lowest BCUT2D eigenvalue weighted by Crippen LogP contribution is -2.00. The minimum absolute atomic E-state index is 0.207. The zero-order chi connectivity index (χ0) is 11.5. The van der Waals surface area contributed by atoms with E-state index in [1.807, 2.05) is 13.0 Å². The molecule has 0 unspecified atom stereocenters. The molecule has 0 spiro atoms. The van der Waals surface area contributed by atoms with Crippen molar-refractivity contribution in [2.75, 3.05) is 0 Å². The molecule has 0 aliphatic carbocycles. The highest BCUT2D eigenvalue weighted by atomic mass is 19.1. The van der Waals surface area contributed by atoms with Gasteiger partial charge in [-0.05, 0) is 36.2 Å². The van der Waals surface area contributed by atoms with E-state index in [0.29, 0.717) is 5.56 Å². The van der Waals surface area contributed by atoms with Crippen LogP contribution in [0.2, 0.25) is 0 Å². The first-order valence-corrected chi connectivity index (χ1v) is 5.12. The molecular formula is C13H13FN2. The highest BCUT2D eigenvalue weighted by Gasteiger charge is 2.05. The van der Waals surface area contributed by atoms with Gasteiger partial charge in [-0.15, -0.1) is 0 Å². The van der Waals surface area contributed by atoms with Gasteiger partial charge < -0.3 is 5.73 Å². The maximum Gasteiger partial charge on any atom is 0.127 e. The number of hydrogen-bond acceptors (Lipinski definition) is 2. The van der Waals surface area contributed by atoms with E-state index >= 15 is 0 Å². The number of nitrogens with zero attached hydrogens (tertiary/aromatic N) is 1. The third-order valence-corrected chi connectivity index (χ3v) is 2.62. The Kier molecular flexibility index (Phi) is 2.97. The fourth-order valence-corrected chi connectivity index (χ4v) is 1.66. The maximum absolute atomic E-state index is 13.3. The molecule has 2 aromatic rings. The Labute approximate surface area is 93.9 Å². The molecule has 0 bridgehead atoms. The van der Waals surface area contributed by atoms with Crippen molar-refractivity contribution < 1.29 is 4.39 Å². The average Bonchev–Trinajstić information content (AvgIpc) is 2.31. The van der Waals surface area contributed by atoms with Crippen LogP contribution in [0.3, 0.4) is 0 Å². The third kappa shape index (κ3) is 1.95. The predicted octanol–water partition coefficient (Wildman–Crippen LogP) is 2.65. The van der Waals surface area contributed by atoms with Crippen molar-refractivity contribution in [1.29, 1.82) is 0 Å². The third-order valence-electron chi connectivity index (χ3n) is 2.62. The van der Waals surface area contributed by atoms with Crippen LogP contribution < -0.4 is 5.73 Å². The van der Waals surface area contributed by atoms with Gasteiger partial charge >= 0.3 is 0 Å². The second-order valence-corrected chi connectivity index (χ2v) is 3.70. The second-order valence-electron chi connectivity index (χ2n) is 3.70. The summed E-state index contributed by atoms with van der Waals surface area (Å²) in [5.74, 6) is -0.257. The summed E-state index contributed by atoms with van der Waals surface area (Å²) in [5, 5.41) is 0. The number of halogens is 1. The van der Waals surface area contributed by atoms with Crippen molar-refractivity contribution in [1.82, 2.24) is 4.98 Å². The number of rotatable bonds is 2. The van der Waals surface area contributed by atoms with Gasteiger partial charge in [0.25, 0.3) is 0 Å². The maximum atomic E-state index is 13.3. The Morgan fingerprint density at radius 1 is 1.31 bits per heavy atom. The Bertz CT molecular complexity index is 509. The van der Waals surface area contributed by atoms with Crippen LogP contribution in [0.15, 0.2) is 36.7 Å². The molecule has 0 aliphatic rings. The first-order valence-electron chi connectivity index (χ1n) is 5.12. The van der Waals surface area contributed by atoms with E-state index in [2.05, 4.69) is 4.98 Å². The van der Waals surface area contributed by atoms with Gasteiger partial charge in [-0.2, -0.15) is 0 Å². The monoisotopic (exact) mass is 216 g/mol. The van der Waals surface area contributed by atoms with E-state index in [1.165, 1.54) is 6.07 Å². The van der Waals surface area contributed by atoms with E-state index in [4.69, 9.17) is 5.73 Å². The van der Waals surface area contributed by atoms with Gasteiger partial charge in [0, 0.05) is 30.1 Å². The summed E-state index contributed by atoms with van der Waals surface area (Å²) in [4.78, 5) is 4.07. The molecule has 1 aromatic carbocycles. The molecule has 2 nitrogen and oxygen atoms in total. The molecule has 0 saturated carbocycles. The zero-order valence-electron chi connectivity index (χ0n) is 9.07. The van der Waals surface area contributed by atoms with E-state index in [9.17, 15) is 4.39 Å². The summed E-state index contributed by atoms with van der Waals surface area (Å²) in [7, 11) is 0. The minimum Gasteiger partial charge on any atom is -0.326 e. The smallest absolute Gasteiger partial charge is 0.127 e. The van der Waals surface area contributed by atoms with E-state index in [1.54, 1.807) is 24.5 Å². The Morgan fingerprint density at radius 3 is 2.81 bits per heavy atom. The molecule has 16 heavy (non-hydrogen) atoms. The summed E-state index contributed by atoms with van der Waals surface area (Å²) >= 11 is 0. The van der Waals surface area contributed by atoms with Crippen LogP contribution in [0.25, 0.3) is 11.1 Å². The van der Waals surface area contributed by atoms with E-state index in [0.717, 1.165) is 16.7 Å². The van der Waals surface area contributed by atoms with Crippen LogP contribution in [0.1, 0.15) is 11.1 Å². The average molecular weight is 216 g/mol. The number of aromatic nitrogens is 1. The van der Waals surface area contributed by atoms with Crippen molar-refractivity contribution in [3.63, 3.8) is 0 Å². The predicted molar refractivity (Wildman–Crippen MR) is 62.3 cm³/mol. The molecule has 2 rings (SSSR count). The van der Waals surface area contributed by atoms with Gasteiger partial charge in [-0.1, -0.05) is 6.07 Å². The van der Waals surface area contributed by atoms with Crippen LogP contribution in [0.5, 0.6) is 0 Å². The van der Waals surface area contributed by atoms with Crippen molar-refractivity contribution in [2.24, 2.45) is 5.73 Å². The molecular weight excluding hydrogens is 203 g/mol. The van der Waals surface area contributed by atoms with E-state index < -0.39 is 0 Å². The van der Waals surface area contributed by atoms with Crippen LogP contribution in [0, 0.1) is 12.7 Å². The van der Waals surface area contributed by atoms with Gasteiger partial charge in [0.1, 0.15) is 5.82 Å². The number of hydrogen-bond donors (Lipinski definition) is 1. The highest BCUT2D eigenvalue weighted by molar-refractivity contribution is 5.66. The summed E-state index contributed by atoms with van der Waals surface area (Å²) in [6.07, 6.45) is 3.52. The van der Waals surface area contributed by atoms with Gasteiger partial charge in [0.2, 0.25) is 0 Å². The lowest BCUT2D eigenvalue weighted by Gasteiger charge is -2.07. The summed E-state index contributed by atoms with van der Waals surface area (Å²) in [6, 6.07) is 6.91. The standard InChI is InChI=1S/C13H13FN2/c1-9-4-5-16-8-12(9)10-2-3-13(14)11(6-10)7-15/h2-6,8H,7,15H2,1H3. The Hall–Kier alpha value is -1.74. The van der Waals surface area contributed by atoms with Crippen molar-refractivity contribution in [3.8, 4) is 11.1 Å². The highest BCUT2D eigenvalue weighted by Crippen LogP contribution is 2.24. The van der Waals surface area contributed by atoms with Crippen LogP contribution >= 0.6 is 0 Å². The lowest BCUT2D eigenvalue weighted by atomic mass is 10.0. The molecule has 82 valence electrons. The molecule has 0 fully saturated rings. The molecule has 0 radical (unpaired) electrons. The van der Waals surface area contributed by atoms with E-state index in [-0.39, 0.29) is 12.4 Å². The Balaban J connectivity index is 2.53. The fraction of sp³-hybridized carbons (Fsp3) is 0.154. The van der Waals surface area contributed by atoms with Crippen molar-refractivity contribution in [2.45, 2.75) is 13.5 Å². The Morgan fingerprint density at radius 2 is 2.12 bits per heavy atom. The number of pyridine rings is 1. The molecule has 0 saturated heterocycles. The topological polar surface area (TPSA) is 38.9 Å². The van der Waals surface area contributed by atoms with Crippen LogP contribution in [-0.2, 0) is 6.54 Å². The molecule has 2 N–H and O–H groups in total. The second kappa shape index (κ2) is 4.41. The van der Waals surface area contributed by atoms with Gasteiger partial charge in [0.05, 0.1) is 0 Å². The first kappa shape index (κ1) is 10.8. The van der Waals surface area contributed by atoms with Crippen LogP contribution in [-0.4, -0.2) is 4.98 Å². The molecule has 3 heteroatoms. The van der Waals surface area contributed by atoms with Gasteiger partial charge in [-0.25, -0.2) is 4.39 Å². The zero-order valence-corrected chi connectivity index (χ0v) is 9.07. The number of nitrogens with two attached hydrogens (primary N) is 1. The molecule has 1 aromatic heterocycles. The molecule has 0 atom stereocenters. The van der Waals surface area contributed by atoms with Crippen molar-refractivity contribution in [3.05, 3.63) is 53.6 Å². The molecule has 0 amide bonds. The van der Waals surface area contributed by atoms with Crippen LogP contribution in [0.4, 0.5) is 4.39 Å². The summed E-state index contributed by atoms with van der Waals surface area (Å²) in [6.45, 7) is 2.21. The summed E-state index contributed by atoms with van der Waals surface area (Å²) < 4.78 is 13.3. The lowest BCUT2D eigenvalue weighted by molar-refractivity contribution is 0.611.